The summed E-state index contributed by atoms with van der Waals surface area (Å²) < 4.78 is 1.75. The molecule has 1 amide bonds. The molecule has 1 aliphatic rings. The summed E-state index contributed by atoms with van der Waals surface area (Å²) in [5.41, 5.74) is 5.14. The van der Waals surface area contributed by atoms with Crippen molar-refractivity contribution in [3.63, 3.8) is 0 Å². The van der Waals surface area contributed by atoms with E-state index in [1.54, 1.807) is 10.9 Å². The van der Waals surface area contributed by atoms with Gasteiger partial charge in [0.05, 0.1) is 23.6 Å². The van der Waals surface area contributed by atoms with E-state index in [4.69, 9.17) is 0 Å². The van der Waals surface area contributed by atoms with Crippen LogP contribution in [-0.2, 0) is 24.8 Å². The standard InChI is InChI=1S/C20H23N5O/c1-13-18-10-17(11-21-19(18)24(3)23-13)22-20(26)14(2)25-9-8-15-6-4-5-7-16(15)12-25/h4-7,10-11,14H,8-9,12H2,1-3H3,(H,22,26)/t14-/m1/s1. The van der Waals surface area contributed by atoms with Crippen LogP contribution in [0.25, 0.3) is 11.0 Å². The second kappa shape index (κ2) is 6.53. The van der Waals surface area contributed by atoms with Crippen LogP contribution in [-0.4, -0.2) is 38.2 Å². The Kier molecular flexibility index (Phi) is 4.20. The lowest BCUT2D eigenvalue weighted by Gasteiger charge is -2.32. The van der Waals surface area contributed by atoms with Gasteiger partial charge < -0.3 is 5.32 Å². The van der Waals surface area contributed by atoms with Crippen LogP contribution in [0.1, 0.15) is 23.7 Å². The number of hydrogen-bond donors (Lipinski definition) is 1. The van der Waals surface area contributed by atoms with Crippen molar-refractivity contribution in [2.45, 2.75) is 32.9 Å². The fraction of sp³-hybridized carbons (Fsp3) is 0.350. The summed E-state index contributed by atoms with van der Waals surface area (Å²) in [5.74, 6) is -0.00734. The summed E-state index contributed by atoms with van der Waals surface area (Å²) in [6.07, 6.45) is 2.68. The Labute approximate surface area is 152 Å². The molecule has 0 spiro atoms. The maximum atomic E-state index is 12.7. The summed E-state index contributed by atoms with van der Waals surface area (Å²) in [4.78, 5) is 19.4. The third kappa shape index (κ3) is 2.97. The van der Waals surface area contributed by atoms with Crippen LogP contribution in [0.5, 0.6) is 0 Å². The first-order chi connectivity index (χ1) is 12.5. The molecule has 1 aromatic carbocycles. The summed E-state index contributed by atoms with van der Waals surface area (Å²) in [7, 11) is 1.87. The summed E-state index contributed by atoms with van der Waals surface area (Å²) in [5, 5.41) is 8.35. The molecule has 134 valence electrons. The lowest BCUT2D eigenvalue weighted by atomic mass is 9.99. The lowest BCUT2D eigenvalue weighted by molar-refractivity contribution is -0.121. The Morgan fingerprint density at radius 1 is 1.27 bits per heavy atom. The third-order valence-electron chi connectivity index (χ3n) is 5.22. The van der Waals surface area contributed by atoms with E-state index in [0.717, 1.165) is 36.2 Å². The third-order valence-corrected chi connectivity index (χ3v) is 5.22. The van der Waals surface area contributed by atoms with Gasteiger partial charge in [-0.3, -0.25) is 14.4 Å². The van der Waals surface area contributed by atoms with Crippen LogP contribution in [0.4, 0.5) is 5.69 Å². The summed E-state index contributed by atoms with van der Waals surface area (Å²) in [6.45, 7) is 5.61. The van der Waals surface area contributed by atoms with Gasteiger partial charge >= 0.3 is 0 Å². The SMILES string of the molecule is Cc1nn(C)c2ncc(NC(=O)[C@@H](C)N3CCc4ccccc4C3)cc12. The van der Waals surface area contributed by atoms with E-state index >= 15 is 0 Å². The highest BCUT2D eigenvalue weighted by Crippen LogP contribution is 2.22. The normalized spacial score (nSPS) is 15.7. The summed E-state index contributed by atoms with van der Waals surface area (Å²) in [6, 6.07) is 10.2. The number of benzene rings is 1. The van der Waals surface area contributed by atoms with Gasteiger partial charge in [0, 0.05) is 25.5 Å². The summed E-state index contributed by atoms with van der Waals surface area (Å²) >= 11 is 0. The number of aromatic nitrogens is 3. The van der Waals surface area contributed by atoms with Gasteiger partial charge in [0.1, 0.15) is 0 Å². The predicted octanol–water partition coefficient (Wildman–Crippen LogP) is 2.66. The highest BCUT2D eigenvalue weighted by atomic mass is 16.2. The zero-order valence-electron chi connectivity index (χ0n) is 15.4. The molecule has 3 aromatic rings. The number of rotatable bonds is 3. The van der Waals surface area contributed by atoms with Crippen molar-refractivity contribution in [1.29, 1.82) is 0 Å². The molecule has 6 heteroatoms. The molecule has 1 atom stereocenters. The van der Waals surface area contributed by atoms with Crippen LogP contribution in [0.3, 0.4) is 0 Å². The van der Waals surface area contributed by atoms with Gasteiger partial charge in [-0.25, -0.2) is 4.98 Å². The molecule has 2 aromatic heterocycles. The topological polar surface area (TPSA) is 63.1 Å². The van der Waals surface area contributed by atoms with Crippen LogP contribution in [0.15, 0.2) is 36.5 Å². The average molecular weight is 349 g/mol. The van der Waals surface area contributed by atoms with Crippen LogP contribution in [0, 0.1) is 6.92 Å². The molecule has 0 radical (unpaired) electrons. The first kappa shape index (κ1) is 16.7. The Balaban J connectivity index is 1.49. The Morgan fingerprint density at radius 2 is 2.04 bits per heavy atom. The van der Waals surface area contributed by atoms with Crippen molar-refractivity contribution in [3.8, 4) is 0 Å². The molecule has 0 aliphatic carbocycles. The Hall–Kier alpha value is -2.73. The smallest absolute Gasteiger partial charge is 0.241 e. The van der Waals surface area contributed by atoms with E-state index in [1.165, 1.54) is 11.1 Å². The quantitative estimate of drug-likeness (QED) is 0.790. The van der Waals surface area contributed by atoms with E-state index in [-0.39, 0.29) is 11.9 Å². The number of hydrogen-bond acceptors (Lipinski definition) is 4. The predicted molar refractivity (Wildman–Crippen MR) is 102 cm³/mol. The molecule has 0 bridgehead atoms. The molecule has 3 heterocycles. The van der Waals surface area contributed by atoms with E-state index < -0.39 is 0 Å². The van der Waals surface area contributed by atoms with Crippen molar-refractivity contribution in [3.05, 3.63) is 53.3 Å². The molecule has 0 saturated heterocycles. The number of anilines is 1. The van der Waals surface area contributed by atoms with E-state index in [0.29, 0.717) is 5.69 Å². The second-order valence-corrected chi connectivity index (χ2v) is 6.96. The molecule has 26 heavy (non-hydrogen) atoms. The maximum Gasteiger partial charge on any atom is 0.241 e. The number of nitrogens with zero attached hydrogens (tertiary/aromatic N) is 4. The van der Waals surface area contributed by atoms with Crippen molar-refractivity contribution >= 4 is 22.6 Å². The fourth-order valence-electron chi connectivity index (χ4n) is 3.64. The highest BCUT2D eigenvalue weighted by Gasteiger charge is 2.25. The van der Waals surface area contributed by atoms with Gasteiger partial charge in [-0.15, -0.1) is 0 Å². The van der Waals surface area contributed by atoms with Crippen LogP contribution < -0.4 is 5.32 Å². The van der Waals surface area contributed by atoms with E-state index in [1.807, 2.05) is 27.0 Å². The highest BCUT2D eigenvalue weighted by molar-refractivity contribution is 5.96. The average Bonchev–Trinajstić information content (AvgIpc) is 2.94. The molecule has 4 rings (SSSR count). The zero-order valence-corrected chi connectivity index (χ0v) is 15.4. The minimum atomic E-state index is -0.200. The molecule has 1 aliphatic heterocycles. The van der Waals surface area contributed by atoms with Crippen molar-refractivity contribution in [1.82, 2.24) is 19.7 Å². The number of amides is 1. The Bertz CT molecular complexity index is 977. The minimum absolute atomic E-state index is 0.00734. The molecule has 0 fully saturated rings. The van der Waals surface area contributed by atoms with E-state index in [9.17, 15) is 4.79 Å². The van der Waals surface area contributed by atoms with Gasteiger partial charge in [-0.1, -0.05) is 24.3 Å². The molecule has 0 saturated carbocycles. The Morgan fingerprint density at radius 3 is 2.85 bits per heavy atom. The molecule has 6 nitrogen and oxygen atoms in total. The van der Waals surface area contributed by atoms with Gasteiger partial charge in [0.25, 0.3) is 0 Å². The minimum Gasteiger partial charge on any atom is -0.323 e. The van der Waals surface area contributed by atoms with Gasteiger partial charge in [0.15, 0.2) is 5.65 Å². The number of carbonyl (C=O) groups is 1. The largest absolute Gasteiger partial charge is 0.323 e. The second-order valence-electron chi connectivity index (χ2n) is 6.96. The molecular formula is C20H23N5O. The van der Waals surface area contributed by atoms with Crippen molar-refractivity contribution < 1.29 is 4.79 Å². The monoisotopic (exact) mass is 349 g/mol. The van der Waals surface area contributed by atoms with Crippen LogP contribution in [0.2, 0.25) is 0 Å². The number of carbonyl (C=O) groups excluding carboxylic acids is 1. The lowest BCUT2D eigenvalue weighted by Crippen LogP contribution is -2.44. The van der Waals surface area contributed by atoms with Gasteiger partial charge in [-0.05, 0) is 37.5 Å². The van der Waals surface area contributed by atoms with Gasteiger partial charge in [-0.2, -0.15) is 5.10 Å². The number of pyridine rings is 1. The molecule has 1 N–H and O–H groups in total. The fourth-order valence-corrected chi connectivity index (χ4v) is 3.64. The first-order valence-corrected chi connectivity index (χ1v) is 8.94. The molecular weight excluding hydrogens is 326 g/mol. The number of aryl methyl sites for hydroxylation is 2. The molecule has 0 unspecified atom stereocenters. The van der Waals surface area contributed by atoms with Crippen molar-refractivity contribution in [2.75, 3.05) is 11.9 Å². The number of nitrogens with one attached hydrogen (secondary N) is 1. The van der Waals surface area contributed by atoms with Crippen LogP contribution >= 0.6 is 0 Å². The van der Waals surface area contributed by atoms with Gasteiger partial charge in [0.2, 0.25) is 5.91 Å². The maximum absolute atomic E-state index is 12.7. The first-order valence-electron chi connectivity index (χ1n) is 8.94. The van der Waals surface area contributed by atoms with E-state index in [2.05, 4.69) is 44.6 Å². The number of fused-ring (bicyclic) bond motifs is 2. The zero-order chi connectivity index (χ0) is 18.3. The van der Waals surface area contributed by atoms with Crippen molar-refractivity contribution in [2.24, 2.45) is 7.05 Å².